The second-order valence-corrected chi connectivity index (χ2v) is 15.0. The molecule has 1 spiro atoms. The summed E-state index contributed by atoms with van der Waals surface area (Å²) in [6.45, 7) is 0.265. The van der Waals surface area contributed by atoms with Gasteiger partial charge >= 0.3 is 7.60 Å². The second-order valence-electron chi connectivity index (χ2n) is 13.4. The van der Waals surface area contributed by atoms with Crippen molar-refractivity contribution in [1.82, 2.24) is 16.0 Å². The van der Waals surface area contributed by atoms with E-state index in [9.17, 15) is 33.5 Å². The fraction of sp³-hybridized carbons (Fsp3) is 0.405. The van der Waals surface area contributed by atoms with Gasteiger partial charge < -0.3 is 31.5 Å². The van der Waals surface area contributed by atoms with Gasteiger partial charge in [0.15, 0.2) is 0 Å². The number of fused-ring (bicyclic) bond motifs is 1. The van der Waals surface area contributed by atoms with Crippen LogP contribution >= 0.6 is 7.60 Å². The standard InChI is InChI=1S/C37H45N4O7P/c38-33(42)22-32-35(44)39-23-26(20-30-12-7-10-28-9-2-3-13-31(28)30)8-6-11-29(27-16-14-25(15-17-27)24-49(46,47)48)21-34(43)41-37(36(45)40-32)18-4-1-5-19-37/h2-3,6-7,9-17,26,29,32H,1,4-5,8,18-24H2,(H2,38,42)(H,39,44)(H,40,45)(H,41,43)(H2,46,47,48)/t26-,29+,32-/m0/s1. The molecule has 0 radical (unpaired) electrons. The number of benzene rings is 3. The van der Waals surface area contributed by atoms with Gasteiger partial charge in [-0.3, -0.25) is 23.7 Å². The van der Waals surface area contributed by atoms with E-state index >= 15 is 0 Å². The Morgan fingerprint density at radius 1 is 0.939 bits per heavy atom. The Morgan fingerprint density at radius 2 is 1.65 bits per heavy atom. The van der Waals surface area contributed by atoms with E-state index in [-0.39, 0.29) is 37.4 Å². The highest BCUT2D eigenvalue weighted by Gasteiger charge is 2.42. The molecule has 7 N–H and O–H groups in total. The van der Waals surface area contributed by atoms with Crippen LogP contribution in [0.2, 0.25) is 0 Å². The zero-order valence-electron chi connectivity index (χ0n) is 27.5. The Bertz CT molecular complexity index is 1740. The monoisotopic (exact) mass is 688 g/mol. The minimum Gasteiger partial charge on any atom is -0.370 e. The first kappa shape index (κ1) is 36.0. The van der Waals surface area contributed by atoms with Crippen LogP contribution in [0.15, 0.2) is 78.9 Å². The fourth-order valence-electron chi connectivity index (χ4n) is 7.02. The molecule has 0 bridgehead atoms. The maximum Gasteiger partial charge on any atom is 0.329 e. The van der Waals surface area contributed by atoms with E-state index < -0.39 is 42.8 Å². The molecular weight excluding hydrogens is 643 g/mol. The van der Waals surface area contributed by atoms with Gasteiger partial charge in [0.2, 0.25) is 23.6 Å². The lowest BCUT2D eigenvalue weighted by atomic mass is 9.80. The molecule has 0 aromatic heterocycles. The predicted octanol–water partition coefficient (Wildman–Crippen LogP) is 4.11. The van der Waals surface area contributed by atoms with Crippen molar-refractivity contribution >= 4 is 42.0 Å². The van der Waals surface area contributed by atoms with Crippen molar-refractivity contribution in [2.24, 2.45) is 11.7 Å². The molecule has 12 heteroatoms. The molecule has 1 heterocycles. The first-order valence-corrected chi connectivity index (χ1v) is 18.7. The third kappa shape index (κ3) is 9.88. The summed E-state index contributed by atoms with van der Waals surface area (Å²) in [5.41, 5.74) is 6.64. The number of allylic oxidation sites excluding steroid dienone is 2. The highest BCUT2D eigenvalue weighted by atomic mass is 31.2. The summed E-state index contributed by atoms with van der Waals surface area (Å²) in [6.07, 6.45) is 7.50. The highest BCUT2D eigenvalue weighted by Crippen LogP contribution is 2.39. The van der Waals surface area contributed by atoms with Crippen LogP contribution in [-0.2, 0) is 36.3 Å². The van der Waals surface area contributed by atoms with Gasteiger partial charge in [-0.05, 0) is 59.1 Å². The number of carbonyl (C=O) groups is 4. The minimum absolute atomic E-state index is 0.0270. The fourth-order valence-corrected chi connectivity index (χ4v) is 7.70. The van der Waals surface area contributed by atoms with Crippen molar-refractivity contribution in [3.63, 3.8) is 0 Å². The molecule has 1 fully saturated rings. The van der Waals surface area contributed by atoms with Crippen LogP contribution in [0.5, 0.6) is 0 Å². The van der Waals surface area contributed by atoms with Gasteiger partial charge in [0.05, 0.1) is 12.6 Å². The number of hydrogen-bond acceptors (Lipinski definition) is 5. The molecule has 2 aliphatic rings. The van der Waals surface area contributed by atoms with E-state index in [1.54, 1.807) is 24.3 Å². The summed E-state index contributed by atoms with van der Waals surface area (Å²) in [7, 11) is -4.25. The van der Waals surface area contributed by atoms with Gasteiger partial charge in [-0.2, -0.15) is 0 Å². The smallest absolute Gasteiger partial charge is 0.329 e. The van der Waals surface area contributed by atoms with E-state index in [4.69, 9.17) is 5.73 Å². The number of nitrogens with one attached hydrogen (secondary N) is 3. The summed E-state index contributed by atoms with van der Waals surface area (Å²) < 4.78 is 11.6. The van der Waals surface area contributed by atoms with Crippen molar-refractivity contribution in [2.45, 2.75) is 81.4 Å². The zero-order chi connectivity index (χ0) is 35.0. The highest BCUT2D eigenvalue weighted by molar-refractivity contribution is 7.50. The molecular formula is C37H45N4O7P. The molecule has 11 nitrogen and oxygen atoms in total. The predicted molar refractivity (Wildman–Crippen MR) is 187 cm³/mol. The second kappa shape index (κ2) is 15.9. The van der Waals surface area contributed by atoms with Crippen LogP contribution in [0.4, 0.5) is 0 Å². The van der Waals surface area contributed by atoms with Crippen LogP contribution in [0.25, 0.3) is 10.8 Å². The van der Waals surface area contributed by atoms with Crippen molar-refractivity contribution in [3.05, 3.63) is 95.6 Å². The average Bonchev–Trinajstić information content (AvgIpc) is 3.06. The summed E-state index contributed by atoms with van der Waals surface area (Å²) in [5.74, 6) is -2.58. The number of carbonyl (C=O) groups excluding carboxylic acids is 4. The molecule has 49 heavy (non-hydrogen) atoms. The van der Waals surface area contributed by atoms with Gasteiger partial charge in [0.25, 0.3) is 0 Å². The summed E-state index contributed by atoms with van der Waals surface area (Å²) in [4.78, 5) is 72.1. The van der Waals surface area contributed by atoms with E-state index in [1.807, 2.05) is 42.5 Å². The average molecular weight is 689 g/mol. The molecule has 1 saturated carbocycles. The number of rotatable bonds is 7. The summed E-state index contributed by atoms with van der Waals surface area (Å²) in [5, 5.41) is 10.9. The van der Waals surface area contributed by atoms with Crippen LogP contribution in [0, 0.1) is 5.92 Å². The molecule has 3 atom stereocenters. The van der Waals surface area contributed by atoms with E-state index in [0.717, 1.165) is 28.3 Å². The molecule has 4 amide bonds. The topological polar surface area (TPSA) is 188 Å². The maximum atomic E-state index is 13.9. The van der Waals surface area contributed by atoms with Crippen LogP contribution in [0.1, 0.15) is 74.0 Å². The molecule has 1 aliphatic heterocycles. The van der Waals surface area contributed by atoms with Crippen molar-refractivity contribution in [1.29, 1.82) is 0 Å². The van der Waals surface area contributed by atoms with Gasteiger partial charge in [0.1, 0.15) is 11.6 Å². The third-order valence-corrected chi connectivity index (χ3v) is 10.3. The summed E-state index contributed by atoms with van der Waals surface area (Å²) >= 11 is 0. The minimum atomic E-state index is -4.25. The van der Waals surface area contributed by atoms with E-state index in [2.05, 4.69) is 28.1 Å². The molecule has 1 aliphatic carbocycles. The number of primary amides is 1. The first-order valence-electron chi connectivity index (χ1n) is 16.9. The lowest BCUT2D eigenvalue weighted by Crippen LogP contribution is -2.63. The van der Waals surface area contributed by atoms with Gasteiger partial charge in [0, 0.05) is 18.9 Å². The van der Waals surface area contributed by atoms with Crippen LogP contribution in [0.3, 0.4) is 0 Å². The molecule has 3 aromatic rings. The molecule has 5 rings (SSSR count). The van der Waals surface area contributed by atoms with Crippen LogP contribution in [-0.4, -0.2) is 51.5 Å². The molecule has 3 aromatic carbocycles. The first-order chi connectivity index (χ1) is 23.4. The largest absolute Gasteiger partial charge is 0.370 e. The Kier molecular flexibility index (Phi) is 11.7. The van der Waals surface area contributed by atoms with E-state index in [0.29, 0.717) is 44.1 Å². The Balaban J connectivity index is 1.49. The Morgan fingerprint density at radius 3 is 2.37 bits per heavy atom. The maximum absolute atomic E-state index is 13.9. The Labute approximate surface area is 286 Å². The van der Waals surface area contributed by atoms with Crippen molar-refractivity contribution < 1.29 is 33.5 Å². The SMILES string of the molecule is NC(=O)C[C@@H]1NC(=O)C2(CCCCC2)NC(=O)C[C@H](c2ccc(CP(=O)(O)O)cc2)C=CC[C@@H](Cc2cccc3ccccc23)CNC1=O. The molecule has 0 unspecified atom stereocenters. The van der Waals surface area contributed by atoms with Crippen molar-refractivity contribution in [3.8, 4) is 0 Å². The number of hydrogen-bond donors (Lipinski definition) is 6. The normalized spacial score (nSPS) is 22.4. The lowest BCUT2D eigenvalue weighted by Gasteiger charge is -2.38. The van der Waals surface area contributed by atoms with Gasteiger partial charge in [-0.15, -0.1) is 0 Å². The lowest BCUT2D eigenvalue weighted by molar-refractivity contribution is -0.138. The Hall–Kier alpha value is -4.31. The van der Waals surface area contributed by atoms with E-state index in [1.165, 1.54) is 0 Å². The zero-order valence-corrected chi connectivity index (χ0v) is 28.4. The third-order valence-electron chi connectivity index (χ3n) is 9.54. The molecule has 0 saturated heterocycles. The van der Waals surface area contributed by atoms with Gasteiger partial charge in [-0.25, -0.2) is 0 Å². The van der Waals surface area contributed by atoms with Gasteiger partial charge in [-0.1, -0.05) is 98.1 Å². The molecule has 260 valence electrons. The summed E-state index contributed by atoms with van der Waals surface area (Å²) in [6, 6.07) is 19.9. The number of amides is 4. The van der Waals surface area contributed by atoms with Crippen LogP contribution < -0.4 is 21.7 Å². The number of nitrogens with two attached hydrogens (primary N) is 1. The quantitative estimate of drug-likeness (QED) is 0.159. The van der Waals surface area contributed by atoms with Crippen molar-refractivity contribution in [2.75, 3.05) is 6.54 Å².